The number of carbonyl (C=O) groups excluding carboxylic acids is 4. The second-order valence-electron chi connectivity index (χ2n) is 26.6. The average Bonchev–Trinajstić information content (AvgIpc) is 0.919. The molecule has 0 fully saturated rings. The number of phosphoric ester groups is 2. The summed E-state index contributed by atoms with van der Waals surface area (Å²) in [5, 5.41) is 10.6. The molecule has 5 unspecified atom stereocenters. The van der Waals surface area contributed by atoms with Crippen LogP contribution in [-0.2, 0) is 65.4 Å². The smallest absolute Gasteiger partial charge is 0.462 e. The van der Waals surface area contributed by atoms with Gasteiger partial charge < -0.3 is 33.8 Å². The van der Waals surface area contributed by atoms with Gasteiger partial charge in [-0.1, -0.05) is 282 Å². The molecule has 0 aromatic heterocycles. The Morgan fingerprint density at radius 1 is 0.274 bits per heavy atom. The maximum Gasteiger partial charge on any atom is 0.472 e. The van der Waals surface area contributed by atoms with Crippen molar-refractivity contribution in [2.24, 2.45) is 0 Å². The third-order valence-corrected chi connectivity index (χ3v) is 18.4. The first-order valence-corrected chi connectivity index (χ1v) is 43.7. The number of ether oxygens (including phenoxy) is 4. The van der Waals surface area contributed by atoms with E-state index in [9.17, 15) is 43.2 Å². The summed E-state index contributed by atoms with van der Waals surface area (Å²) in [6, 6.07) is 0. The number of phosphoric acid groups is 2. The molecule has 0 aliphatic carbocycles. The van der Waals surface area contributed by atoms with Crippen molar-refractivity contribution in [3.05, 3.63) is 158 Å². The zero-order chi connectivity index (χ0) is 77.4. The Morgan fingerprint density at radius 3 is 0.764 bits per heavy atom. The van der Waals surface area contributed by atoms with E-state index in [1.165, 1.54) is 12.8 Å². The van der Waals surface area contributed by atoms with Crippen LogP contribution in [0.25, 0.3) is 0 Å². The van der Waals surface area contributed by atoms with E-state index < -0.39 is 97.5 Å². The zero-order valence-corrected chi connectivity index (χ0v) is 67.8. The zero-order valence-electron chi connectivity index (χ0n) is 66.1. The fourth-order valence-electron chi connectivity index (χ4n) is 10.4. The van der Waals surface area contributed by atoms with Gasteiger partial charge in [0.05, 0.1) is 26.4 Å². The first-order valence-electron chi connectivity index (χ1n) is 40.7. The Kier molecular flexibility index (Phi) is 73.9. The lowest BCUT2D eigenvalue weighted by Gasteiger charge is -2.21. The molecule has 0 bridgehead atoms. The van der Waals surface area contributed by atoms with E-state index >= 15 is 0 Å². The van der Waals surface area contributed by atoms with Gasteiger partial charge in [0.1, 0.15) is 19.3 Å². The number of hydrogen-bond acceptors (Lipinski definition) is 15. The first-order chi connectivity index (χ1) is 51.7. The predicted molar refractivity (Wildman–Crippen MR) is 436 cm³/mol. The van der Waals surface area contributed by atoms with Gasteiger partial charge in [0.25, 0.3) is 0 Å². The molecule has 0 rings (SSSR count). The topological polar surface area (TPSA) is 237 Å². The molecule has 0 aromatic carbocycles. The molecule has 17 nitrogen and oxygen atoms in total. The van der Waals surface area contributed by atoms with Crippen LogP contribution in [0.4, 0.5) is 0 Å². The van der Waals surface area contributed by atoms with Crippen molar-refractivity contribution in [3.63, 3.8) is 0 Å². The summed E-state index contributed by atoms with van der Waals surface area (Å²) in [5.41, 5.74) is 0. The second-order valence-corrected chi connectivity index (χ2v) is 29.5. The SMILES string of the molecule is CC/C=C\C/C=C\C/C=C\C/C=C\CCCCCCCCC(=O)OCC(COP(=O)(O)OCC(O)COP(=O)(O)OCC(COC(=O)CCCCCCCC/C=C\C/C=C\C/C=C\C/C=C\CC)OC(=O)CCCCCCC/C=C\CCCC)OC(=O)CCCCCC/C=C\C/C=C\C/C=C\C/C=C\CC. The van der Waals surface area contributed by atoms with E-state index in [2.05, 4.69) is 186 Å². The van der Waals surface area contributed by atoms with Crippen LogP contribution in [0, 0.1) is 0 Å². The van der Waals surface area contributed by atoms with Gasteiger partial charge in [-0.15, -0.1) is 0 Å². The Bertz CT molecular complexity index is 2630. The highest BCUT2D eigenvalue weighted by Gasteiger charge is 2.30. The van der Waals surface area contributed by atoms with Crippen molar-refractivity contribution in [1.29, 1.82) is 0 Å². The molecule has 0 heterocycles. The van der Waals surface area contributed by atoms with Crippen molar-refractivity contribution >= 4 is 39.5 Å². The van der Waals surface area contributed by atoms with Gasteiger partial charge >= 0.3 is 39.5 Å². The van der Waals surface area contributed by atoms with Crippen molar-refractivity contribution in [2.45, 2.75) is 329 Å². The number of esters is 4. The van der Waals surface area contributed by atoms with Gasteiger partial charge in [0.2, 0.25) is 0 Å². The highest BCUT2D eigenvalue weighted by molar-refractivity contribution is 7.47. The van der Waals surface area contributed by atoms with Crippen molar-refractivity contribution in [2.75, 3.05) is 39.6 Å². The quantitative estimate of drug-likeness (QED) is 0.0169. The third-order valence-electron chi connectivity index (χ3n) is 16.5. The van der Waals surface area contributed by atoms with E-state index in [0.717, 1.165) is 218 Å². The molecule has 0 aliphatic rings. The minimum absolute atomic E-state index is 0.0585. The van der Waals surface area contributed by atoms with Crippen molar-refractivity contribution in [3.8, 4) is 0 Å². The summed E-state index contributed by atoms with van der Waals surface area (Å²) in [6.07, 6.45) is 90.7. The highest BCUT2D eigenvalue weighted by Crippen LogP contribution is 2.45. The minimum atomic E-state index is -5.00. The molecule has 0 radical (unpaired) electrons. The van der Waals surface area contributed by atoms with Crippen molar-refractivity contribution < 1.29 is 80.2 Å². The number of hydrogen-bond donors (Lipinski definition) is 3. The van der Waals surface area contributed by atoms with Gasteiger partial charge in [-0.05, 0) is 161 Å². The van der Waals surface area contributed by atoms with E-state index in [-0.39, 0.29) is 25.7 Å². The standard InChI is InChI=1S/C87H144O17P2/c1-5-9-13-17-21-25-29-32-35-38-40-43-45-48-52-55-59-63-67-71-84(89)97-77-82(103-86(91)73-69-65-61-57-51-28-24-20-16-12-8-4)79-101-105(93,94)99-75-81(88)76-100-106(95,96)102-80-83(104-87(92)74-70-66-62-58-54-50-47-42-37-34-31-27-23-19-15-11-7-3)78-98-85(90)72-68-64-60-56-53-49-46-44-41-39-36-33-30-26-22-18-14-10-6-2/h9-11,13-15,20-27,32-37,40-41,43-44,47,50,81-83,88H,5-8,12,16-19,28-31,38-39,42,45-46,48-49,51-80H2,1-4H3,(H,93,94)(H,95,96)/b13-9-,14-10-,15-11-,24-20-,25-21-,26-22-,27-23-,35-32-,36-33-,37-34-,43-40-,44-41-,50-47-. The molecule has 604 valence electrons. The van der Waals surface area contributed by atoms with E-state index in [1.807, 2.05) is 0 Å². The number of unbranched alkanes of at least 4 members (excludes halogenated alkanes) is 23. The van der Waals surface area contributed by atoms with Gasteiger partial charge in [0.15, 0.2) is 12.2 Å². The average molecular weight is 1520 g/mol. The second kappa shape index (κ2) is 77.8. The van der Waals surface area contributed by atoms with Crippen LogP contribution < -0.4 is 0 Å². The summed E-state index contributed by atoms with van der Waals surface area (Å²) in [5.74, 6) is -2.25. The Morgan fingerprint density at radius 2 is 0.491 bits per heavy atom. The molecule has 0 saturated heterocycles. The molecule has 5 atom stereocenters. The Labute approximate surface area is 642 Å². The summed E-state index contributed by atoms with van der Waals surface area (Å²) >= 11 is 0. The summed E-state index contributed by atoms with van der Waals surface area (Å²) in [4.78, 5) is 73.1. The summed E-state index contributed by atoms with van der Waals surface area (Å²) in [7, 11) is -9.99. The number of carbonyl (C=O) groups is 4. The molecular formula is C87H144O17P2. The van der Waals surface area contributed by atoms with Crippen LogP contribution >= 0.6 is 15.6 Å². The van der Waals surface area contributed by atoms with Crippen LogP contribution in [0.1, 0.15) is 310 Å². The maximum absolute atomic E-state index is 13.1. The number of allylic oxidation sites excluding steroid dienone is 26. The number of aliphatic hydroxyl groups excluding tert-OH is 1. The van der Waals surface area contributed by atoms with Gasteiger partial charge in [-0.2, -0.15) is 0 Å². The fraction of sp³-hybridized carbons (Fsp3) is 0.655. The third kappa shape index (κ3) is 76.9. The molecule has 0 spiro atoms. The molecule has 3 N–H and O–H groups in total. The number of rotatable bonds is 75. The largest absolute Gasteiger partial charge is 0.472 e. The molecule has 19 heteroatoms. The maximum atomic E-state index is 13.1. The van der Waals surface area contributed by atoms with Gasteiger partial charge in [0, 0.05) is 25.7 Å². The lowest BCUT2D eigenvalue weighted by Crippen LogP contribution is -2.30. The molecule has 0 amide bonds. The molecule has 0 saturated carbocycles. The van der Waals surface area contributed by atoms with E-state index in [4.69, 9.17) is 37.0 Å². The molecule has 0 aliphatic heterocycles. The van der Waals surface area contributed by atoms with Crippen LogP contribution in [-0.4, -0.2) is 96.7 Å². The molecule has 106 heavy (non-hydrogen) atoms. The minimum Gasteiger partial charge on any atom is -0.462 e. The number of aliphatic hydroxyl groups is 1. The predicted octanol–water partition coefficient (Wildman–Crippen LogP) is 24.0. The highest BCUT2D eigenvalue weighted by atomic mass is 31.2. The lowest BCUT2D eigenvalue weighted by molar-refractivity contribution is -0.161. The molecule has 0 aromatic rings. The van der Waals surface area contributed by atoms with Crippen LogP contribution in [0.2, 0.25) is 0 Å². The first kappa shape index (κ1) is 101. The Hall–Kier alpha value is -5.32. The summed E-state index contributed by atoms with van der Waals surface area (Å²) < 4.78 is 68.6. The molecular weight excluding hydrogens is 1380 g/mol. The van der Waals surface area contributed by atoms with E-state index in [0.29, 0.717) is 25.7 Å². The lowest BCUT2D eigenvalue weighted by atomic mass is 10.1. The van der Waals surface area contributed by atoms with Crippen molar-refractivity contribution in [1.82, 2.24) is 0 Å². The van der Waals surface area contributed by atoms with Gasteiger partial charge in [-0.25, -0.2) is 9.13 Å². The monoisotopic (exact) mass is 1520 g/mol. The van der Waals surface area contributed by atoms with E-state index in [1.54, 1.807) is 0 Å². The van der Waals surface area contributed by atoms with Crippen LogP contribution in [0.15, 0.2) is 158 Å². The fourth-order valence-corrected chi connectivity index (χ4v) is 11.9. The summed E-state index contributed by atoms with van der Waals surface area (Å²) in [6.45, 7) is 4.43. The normalized spacial score (nSPS) is 14.7. The van der Waals surface area contributed by atoms with Gasteiger partial charge in [-0.3, -0.25) is 37.3 Å². The van der Waals surface area contributed by atoms with Crippen LogP contribution in [0.5, 0.6) is 0 Å². The van der Waals surface area contributed by atoms with Crippen LogP contribution in [0.3, 0.4) is 0 Å². The Balaban J connectivity index is 5.38.